The van der Waals surface area contributed by atoms with E-state index < -0.39 is 10.0 Å². The molecule has 2 heterocycles. The van der Waals surface area contributed by atoms with Crippen molar-refractivity contribution in [3.63, 3.8) is 0 Å². The van der Waals surface area contributed by atoms with E-state index in [9.17, 15) is 13.2 Å². The van der Waals surface area contributed by atoms with Crippen LogP contribution in [0.3, 0.4) is 0 Å². The average Bonchev–Trinajstić information content (AvgIpc) is 3.12. The molecule has 6 nitrogen and oxygen atoms in total. The molecule has 1 fully saturated rings. The Kier molecular flexibility index (Phi) is 7.65. The molecule has 0 bridgehead atoms. The number of carbonyl (C=O) groups excluding carboxylic acids is 1. The van der Waals surface area contributed by atoms with Crippen LogP contribution in [0.25, 0.3) is 0 Å². The second-order valence-electron chi connectivity index (χ2n) is 8.39. The van der Waals surface area contributed by atoms with Crippen molar-refractivity contribution < 1.29 is 13.2 Å². The molecule has 0 saturated carbocycles. The molecular formula is C22H31N3O3S2. The van der Waals surface area contributed by atoms with Crippen LogP contribution in [0.1, 0.15) is 54.2 Å². The molecule has 0 aliphatic carbocycles. The quantitative estimate of drug-likeness (QED) is 0.621. The van der Waals surface area contributed by atoms with Gasteiger partial charge in [0.05, 0.1) is 9.90 Å². The standard InChI is InChI=1S/C22H31N3O3S2/c1-16-11-17(2)14-25(13-16)30(27,28)20-8-6-7-19(12-20)22(26)23-10-5-4-9-21-24-18(3)15-29-21/h6-8,12,15-17H,4-5,9-11,13-14H2,1-3H3,(H,23,26). The summed E-state index contributed by atoms with van der Waals surface area (Å²) in [4.78, 5) is 17.1. The van der Waals surface area contributed by atoms with Crippen LogP contribution in [-0.2, 0) is 16.4 Å². The first-order valence-corrected chi connectivity index (χ1v) is 12.9. The lowest BCUT2D eigenvalue weighted by molar-refractivity contribution is 0.0953. The molecule has 164 valence electrons. The van der Waals surface area contributed by atoms with Gasteiger partial charge in [-0.15, -0.1) is 11.3 Å². The van der Waals surface area contributed by atoms with Gasteiger partial charge in [0.1, 0.15) is 0 Å². The second-order valence-corrected chi connectivity index (χ2v) is 11.3. The maximum Gasteiger partial charge on any atom is 0.251 e. The van der Waals surface area contributed by atoms with Crippen LogP contribution in [0.15, 0.2) is 34.5 Å². The summed E-state index contributed by atoms with van der Waals surface area (Å²) in [6, 6.07) is 6.37. The Balaban J connectivity index is 1.55. The van der Waals surface area contributed by atoms with Gasteiger partial charge in [-0.1, -0.05) is 19.9 Å². The van der Waals surface area contributed by atoms with Gasteiger partial charge in [0, 0.05) is 36.3 Å². The number of aryl methyl sites for hydroxylation is 2. The van der Waals surface area contributed by atoms with Crippen LogP contribution in [0, 0.1) is 18.8 Å². The van der Waals surface area contributed by atoms with Crippen molar-refractivity contribution >= 4 is 27.3 Å². The number of aromatic nitrogens is 1. The maximum absolute atomic E-state index is 13.1. The van der Waals surface area contributed by atoms with E-state index >= 15 is 0 Å². The molecule has 30 heavy (non-hydrogen) atoms. The summed E-state index contributed by atoms with van der Waals surface area (Å²) in [7, 11) is -3.59. The number of amides is 1. The molecule has 2 unspecified atom stereocenters. The number of nitrogens with one attached hydrogen (secondary N) is 1. The zero-order valence-electron chi connectivity index (χ0n) is 17.9. The highest BCUT2D eigenvalue weighted by Gasteiger charge is 2.31. The Morgan fingerprint density at radius 2 is 1.97 bits per heavy atom. The van der Waals surface area contributed by atoms with Gasteiger partial charge in [-0.25, -0.2) is 13.4 Å². The molecule has 1 aliphatic rings. The highest BCUT2D eigenvalue weighted by molar-refractivity contribution is 7.89. The van der Waals surface area contributed by atoms with Crippen molar-refractivity contribution in [1.29, 1.82) is 0 Å². The molecule has 1 aliphatic heterocycles. The molecule has 8 heteroatoms. The molecule has 0 radical (unpaired) electrons. The predicted molar refractivity (Wildman–Crippen MR) is 120 cm³/mol. The topological polar surface area (TPSA) is 79.4 Å². The van der Waals surface area contributed by atoms with Crippen molar-refractivity contribution in [2.24, 2.45) is 11.8 Å². The summed E-state index contributed by atoms with van der Waals surface area (Å²) in [6.45, 7) is 7.77. The van der Waals surface area contributed by atoms with E-state index in [0.717, 1.165) is 36.4 Å². The van der Waals surface area contributed by atoms with Crippen LogP contribution in [0.4, 0.5) is 0 Å². The highest BCUT2D eigenvalue weighted by Crippen LogP contribution is 2.27. The smallest absolute Gasteiger partial charge is 0.251 e. The fraction of sp³-hybridized carbons (Fsp3) is 0.545. The Morgan fingerprint density at radius 3 is 2.63 bits per heavy atom. The van der Waals surface area contributed by atoms with Crippen molar-refractivity contribution in [1.82, 2.24) is 14.6 Å². The molecule has 1 N–H and O–H groups in total. The fourth-order valence-electron chi connectivity index (χ4n) is 3.97. The van der Waals surface area contributed by atoms with Gasteiger partial charge in [0.25, 0.3) is 5.91 Å². The fourth-order valence-corrected chi connectivity index (χ4v) is 6.52. The van der Waals surface area contributed by atoms with Gasteiger partial charge in [0.15, 0.2) is 0 Å². The number of unbranched alkanes of at least 4 members (excludes halogenated alkanes) is 1. The van der Waals surface area contributed by atoms with Crippen LogP contribution in [0.2, 0.25) is 0 Å². The van der Waals surface area contributed by atoms with E-state index in [0.29, 0.717) is 37.0 Å². The largest absolute Gasteiger partial charge is 0.352 e. The van der Waals surface area contributed by atoms with Crippen LogP contribution in [0.5, 0.6) is 0 Å². The summed E-state index contributed by atoms with van der Waals surface area (Å²) in [6.07, 6.45) is 3.75. The average molecular weight is 450 g/mol. The molecule has 2 aromatic rings. The zero-order chi connectivity index (χ0) is 21.7. The molecular weight excluding hydrogens is 418 g/mol. The van der Waals surface area contributed by atoms with Gasteiger partial charge in [-0.3, -0.25) is 4.79 Å². The Hall–Kier alpha value is -1.77. The summed E-state index contributed by atoms with van der Waals surface area (Å²) >= 11 is 1.67. The number of sulfonamides is 1. The number of nitrogens with zero attached hydrogens (tertiary/aromatic N) is 2. The van der Waals surface area contributed by atoms with E-state index in [2.05, 4.69) is 24.1 Å². The zero-order valence-corrected chi connectivity index (χ0v) is 19.6. The van der Waals surface area contributed by atoms with E-state index in [4.69, 9.17) is 0 Å². The first kappa shape index (κ1) is 22.9. The Morgan fingerprint density at radius 1 is 1.23 bits per heavy atom. The second kappa shape index (κ2) is 10.0. The van der Waals surface area contributed by atoms with Gasteiger partial charge in [-0.2, -0.15) is 4.31 Å². The molecule has 3 rings (SSSR count). The third kappa shape index (κ3) is 5.89. The number of rotatable bonds is 8. The first-order chi connectivity index (χ1) is 14.3. The van der Waals surface area contributed by atoms with Gasteiger partial charge in [0.2, 0.25) is 10.0 Å². The summed E-state index contributed by atoms with van der Waals surface area (Å²) in [5, 5.41) is 6.07. The van der Waals surface area contributed by atoms with Crippen molar-refractivity contribution in [2.45, 2.75) is 51.3 Å². The minimum atomic E-state index is -3.59. The van der Waals surface area contributed by atoms with Gasteiger partial charge in [-0.05, 0) is 62.6 Å². The molecule has 0 spiro atoms. The third-order valence-corrected chi connectivity index (χ3v) is 8.19. The van der Waals surface area contributed by atoms with Crippen molar-refractivity contribution in [3.05, 3.63) is 45.9 Å². The Bertz CT molecular complexity index is 962. The Labute approximate surface area is 183 Å². The van der Waals surface area contributed by atoms with E-state index in [1.54, 1.807) is 33.8 Å². The van der Waals surface area contributed by atoms with Gasteiger partial charge < -0.3 is 5.32 Å². The van der Waals surface area contributed by atoms with Crippen LogP contribution >= 0.6 is 11.3 Å². The van der Waals surface area contributed by atoms with Crippen molar-refractivity contribution in [3.8, 4) is 0 Å². The number of thiazole rings is 1. The lowest BCUT2D eigenvalue weighted by atomic mass is 9.94. The predicted octanol–water partition coefficient (Wildman–Crippen LogP) is 3.87. The lowest BCUT2D eigenvalue weighted by Gasteiger charge is -2.34. The number of benzene rings is 1. The number of hydrogen-bond donors (Lipinski definition) is 1. The molecule has 1 amide bonds. The summed E-state index contributed by atoms with van der Waals surface area (Å²) in [5.74, 6) is 0.434. The van der Waals surface area contributed by atoms with Crippen LogP contribution < -0.4 is 5.32 Å². The lowest BCUT2D eigenvalue weighted by Crippen LogP contribution is -2.42. The van der Waals surface area contributed by atoms with E-state index in [-0.39, 0.29) is 10.8 Å². The van der Waals surface area contributed by atoms with Crippen LogP contribution in [-0.4, -0.2) is 43.2 Å². The minimum Gasteiger partial charge on any atom is -0.352 e. The van der Waals surface area contributed by atoms with Crippen molar-refractivity contribution in [2.75, 3.05) is 19.6 Å². The van der Waals surface area contributed by atoms with E-state index in [1.165, 1.54) is 6.07 Å². The SMILES string of the molecule is Cc1csc(CCCCNC(=O)c2cccc(S(=O)(=O)N3CC(C)CC(C)C3)c2)n1. The maximum atomic E-state index is 13.1. The first-order valence-electron chi connectivity index (χ1n) is 10.5. The number of piperidine rings is 1. The third-order valence-electron chi connectivity index (χ3n) is 5.34. The van der Waals surface area contributed by atoms with Gasteiger partial charge >= 0.3 is 0 Å². The molecule has 2 atom stereocenters. The van der Waals surface area contributed by atoms with E-state index in [1.807, 2.05) is 12.3 Å². The summed E-state index contributed by atoms with van der Waals surface area (Å²) < 4.78 is 27.7. The highest BCUT2D eigenvalue weighted by atomic mass is 32.2. The molecule has 1 saturated heterocycles. The monoisotopic (exact) mass is 449 g/mol. The number of carbonyl (C=O) groups is 1. The molecule has 1 aromatic heterocycles. The number of hydrogen-bond acceptors (Lipinski definition) is 5. The molecule has 1 aromatic carbocycles. The minimum absolute atomic E-state index is 0.190. The summed E-state index contributed by atoms with van der Waals surface area (Å²) in [5.41, 5.74) is 1.43. The normalized spacial score (nSPS) is 20.2.